The molecule has 0 aromatic heterocycles. The SMILES string of the molecule is Cc1cc(O)ccc1NC(=O)C(C)(C)C1CCCNC1. The average molecular weight is 276 g/mol. The Hall–Kier alpha value is -1.55. The van der Waals surface area contributed by atoms with Crippen LogP contribution in [0.3, 0.4) is 0 Å². The van der Waals surface area contributed by atoms with Gasteiger partial charge < -0.3 is 15.7 Å². The first-order chi connectivity index (χ1) is 9.41. The van der Waals surface area contributed by atoms with Gasteiger partial charge in [-0.05, 0) is 62.5 Å². The highest BCUT2D eigenvalue weighted by Gasteiger charge is 2.37. The van der Waals surface area contributed by atoms with Crippen molar-refractivity contribution in [1.82, 2.24) is 5.32 Å². The zero-order valence-electron chi connectivity index (χ0n) is 12.5. The summed E-state index contributed by atoms with van der Waals surface area (Å²) in [7, 11) is 0. The highest BCUT2D eigenvalue weighted by atomic mass is 16.3. The topological polar surface area (TPSA) is 61.4 Å². The number of carbonyl (C=O) groups excluding carboxylic acids is 1. The first-order valence-corrected chi connectivity index (χ1v) is 7.23. The molecule has 1 aliphatic rings. The van der Waals surface area contributed by atoms with Crippen molar-refractivity contribution >= 4 is 11.6 Å². The zero-order valence-corrected chi connectivity index (χ0v) is 12.5. The molecule has 1 heterocycles. The summed E-state index contributed by atoms with van der Waals surface area (Å²) in [6.45, 7) is 7.84. The lowest BCUT2D eigenvalue weighted by Gasteiger charge is -2.36. The van der Waals surface area contributed by atoms with Crippen LogP contribution in [0.15, 0.2) is 18.2 Å². The number of piperidine rings is 1. The summed E-state index contributed by atoms with van der Waals surface area (Å²) in [5.41, 5.74) is 1.23. The summed E-state index contributed by atoms with van der Waals surface area (Å²) in [6, 6.07) is 5.00. The standard InChI is InChI=1S/C16H24N2O2/c1-11-9-13(19)6-7-14(11)18-15(20)16(2,3)12-5-4-8-17-10-12/h6-7,9,12,17,19H,4-5,8,10H2,1-3H3,(H,18,20). The lowest BCUT2D eigenvalue weighted by atomic mass is 9.74. The number of carbonyl (C=O) groups is 1. The van der Waals surface area contributed by atoms with E-state index in [1.54, 1.807) is 18.2 Å². The molecule has 3 N–H and O–H groups in total. The minimum absolute atomic E-state index is 0.0417. The minimum atomic E-state index is -0.405. The monoisotopic (exact) mass is 276 g/mol. The molecular weight excluding hydrogens is 252 g/mol. The Morgan fingerprint density at radius 1 is 1.45 bits per heavy atom. The predicted molar refractivity (Wildman–Crippen MR) is 80.8 cm³/mol. The molecule has 0 radical (unpaired) electrons. The van der Waals surface area contributed by atoms with E-state index in [0.29, 0.717) is 5.92 Å². The van der Waals surface area contributed by atoms with Gasteiger partial charge >= 0.3 is 0 Å². The van der Waals surface area contributed by atoms with Crippen LogP contribution in [-0.2, 0) is 4.79 Å². The third kappa shape index (κ3) is 3.12. The van der Waals surface area contributed by atoms with Gasteiger partial charge in [-0.25, -0.2) is 0 Å². The maximum atomic E-state index is 12.6. The molecule has 1 aliphatic heterocycles. The Balaban J connectivity index is 2.09. The van der Waals surface area contributed by atoms with Crippen molar-refractivity contribution in [1.29, 1.82) is 0 Å². The predicted octanol–water partition coefficient (Wildman–Crippen LogP) is 2.66. The van der Waals surface area contributed by atoms with Crippen LogP contribution in [0, 0.1) is 18.3 Å². The van der Waals surface area contributed by atoms with E-state index in [4.69, 9.17) is 0 Å². The van der Waals surface area contributed by atoms with Crippen LogP contribution < -0.4 is 10.6 Å². The van der Waals surface area contributed by atoms with E-state index in [2.05, 4.69) is 10.6 Å². The van der Waals surface area contributed by atoms with E-state index in [1.165, 1.54) is 0 Å². The van der Waals surface area contributed by atoms with E-state index in [1.807, 2.05) is 20.8 Å². The fourth-order valence-electron chi connectivity index (χ4n) is 2.72. The first-order valence-electron chi connectivity index (χ1n) is 7.23. The van der Waals surface area contributed by atoms with Gasteiger partial charge in [-0.15, -0.1) is 0 Å². The van der Waals surface area contributed by atoms with E-state index >= 15 is 0 Å². The van der Waals surface area contributed by atoms with E-state index in [9.17, 15) is 9.90 Å². The number of hydrogen-bond acceptors (Lipinski definition) is 3. The summed E-state index contributed by atoms with van der Waals surface area (Å²) in [6.07, 6.45) is 2.21. The fraction of sp³-hybridized carbons (Fsp3) is 0.562. The molecule has 2 rings (SSSR count). The van der Waals surface area contributed by atoms with Crippen LogP contribution in [0.5, 0.6) is 5.75 Å². The number of amides is 1. The summed E-state index contributed by atoms with van der Waals surface area (Å²) in [5, 5.41) is 15.8. The maximum absolute atomic E-state index is 12.6. The largest absolute Gasteiger partial charge is 0.508 e. The van der Waals surface area contributed by atoms with E-state index < -0.39 is 5.41 Å². The lowest BCUT2D eigenvalue weighted by Crippen LogP contribution is -2.44. The molecule has 0 aliphatic carbocycles. The van der Waals surface area contributed by atoms with Gasteiger partial charge in [0, 0.05) is 11.1 Å². The number of rotatable bonds is 3. The van der Waals surface area contributed by atoms with Crippen LogP contribution in [-0.4, -0.2) is 24.1 Å². The Morgan fingerprint density at radius 2 is 2.20 bits per heavy atom. The molecule has 1 saturated heterocycles. The van der Waals surface area contributed by atoms with Crippen LogP contribution >= 0.6 is 0 Å². The van der Waals surface area contributed by atoms with Gasteiger partial charge in [0.25, 0.3) is 0 Å². The smallest absolute Gasteiger partial charge is 0.230 e. The number of hydrogen-bond donors (Lipinski definition) is 3. The number of phenols is 1. The molecule has 20 heavy (non-hydrogen) atoms. The van der Waals surface area contributed by atoms with Crippen molar-refractivity contribution in [2.24, 2.45) is 11.3 Å². The Labute approximate surface area is 120 Å². The molecule has 0 spiro atoms. The van der Waals surface area contributed by atoms with Crippen LogP contribution in [0.1, 0.15) is 32.3 Å². The minimum Gasteiger partial charge on any atom is -0.508 e. The van der Waals surface area contributed by atoms with Gasteiger partial charge in [-0.3, -0.25) is 4.79 Å². The van der Waals surface area contributed by atoms with Crippen molar-refractivity contribution in [3.63, 3.8) is 0 Å². The molecule has 4 heteroatoms. The molecule has 0 bridgehead atoms. The first kappa shape index (κ1) is 14.9. The number of aryl methyl sites for hydroxylation is 1. The van der Waals surface area contributed by atoms with E-state index in [-0.39, 0.29) is 11.7 Å². The Bertz CT molecular complexity index is 491. The number of nitrogens with one attached hydrogen (secondary N) is 2. The number of aromatic hydroxyl groups is 1. The number of phenolic OH excluding ortho intramolecular Hbond substituents is 1. The van der Waals surface area contributed by atoms with Crippen molar-refractivity contribution < 1.29 is 9.90 Å². The molecule has 1 aromatic rings. The molecule has 4 nitrogen and oxygen atoms in total. The third-order valence-electron chi connectivity index (χ3n) is 4.36. The molecular formula is C16H24N2O2. The second-order valence-corrected chi connectivity index (χ2v) is 6.22. The second kappa shape index (κ2) is 5.83. The molecule has 1 unspecified atom stereocenters. The molecule has 1 amide bonds. The molecule has 1 atom stereocenters. The average Bonchev–Trinajstić information content (AvgIpc) is 2.42. The maximum Gasteiger partial charge on any atom is 0.230 e. The van der Waals surface area contributed by atoms with Crippen LogP contribution in [0.4, 0.5) is 5.69 Å². The van der Waals surface area contributed by atoms with Gasteiger partial charge in [0.1, 0.15) is 5.75 Å². The van der Waals surface area contributed by atoms with Crippen molar-refractivity contribution in [2.75, 3.05) is 18.4 Å². The van der Waals surface area contributed by atoms with Gasteiger partial charge in [-0.2, -0.15) is 0 Å². The lowest BCUT2D eigenvalue weighted by molar-refractivity contribution is -0.127. The highest BCUT2D eigenvalue weighted by Crippen LogP contribution is 2.33. The van der Waals surface area contributed by atoms with Crippen molar-refractivity contribution in [3.8, 4) is 5.75 Å². The number of anilines is 1. The summed E-state index contributed by atoms with van der Waals surface area (Å²) < 4.78 is 0. The van der Waals surface area contributed by atoms with Gasteiger partial charge in [0.2, 0.25) is 5.91 Å². The third-order valence-corrected chi connectivity index (χ3v) is 4.36. The Morgan fingerprint density at radius 3 is 2.80 bits per heavy atom. The van der Waals surface area contributed by atoms with Crippen LogP contribution in [0.2, 0.25) is 0 Å². The summed E-state index contributed by atoms with van der Waals surface area (Å²) >= 11 is 0. The highest BCUT2D eigenvalue weighted by molar-refractivity contribution is 5.95. The molecule has 1 fully saturated rings. The second-order valence-electron chi connectivity index (χ2n) is 6.22. The summed E-state index contributed by atoms with van der Waals surface area (Å²) in [4.78, 5) is 12.6. The van der Waals surface area contributed by atoms with Gasteiger partial charge in [-0.1, -0.05) is 13.8 Å². The molecule has 0 saturated carbocycles. The summed E-state index contributed by atoms with van der Waals surface area (Å²) in [5.74, 6) is 0.616. The van der Waals surface area contributed by atoms with Crippen molar-refractivity contribution in [2.45, 2.75) is 33.6 Å². The number of benzene rings is 1. The van der Waals surface area contributed by atoms with Crippen LogP contribution in [0.25, 0.3) is 0 Å². The van der Waals surface area contributed by atoms with Crippen molar-refractivity contribution in [3.05, 3.63) is 23.8 Å². The zero-order chi connectivity index (χ0) is 14.8. The fourth-order valence-corrected chi connectivity index (χ4v) is 2.72. The van der Waals surface area contributed by atoms with E-state index in [0.717, 1.165) is 37.2 Å². The molecule has 1 aromatic carbocycles. The Kier molecular flexibility index (Phi) is 4.33. The molecule has 110 valence electrons. The normalized spacial score (nSPS) is 19.6. The van der Waals surface area contributed by atoms with Gasteiger partial charge in [0.05, 0.1) is 0 Å². The quantitative estimate of drug-likeness (QED) is 0.744. The van der Waals surface area contributed by atoms with Gasteiger partial charge in [0.15, 0.2) is 0 Å².